The van der Waals surface area contributed by atoms with Crippen molar-refractivity contribution in [2.24, 2.45) is 0 Å². The summed E-state index contributed by atoms with van der Waals surface area (Å²) in [5.74, 6) is 0. The van der Waals surface area contributed by atoms with E-state index in [1.807, 2.05) is 0 Å². The van der Waals surface area contributed by atoms with Crippen molar-refractivity contribution in [3.8, 4) is 0 Å². The summed E-state index contributed by atoms with van der Waals surface area (Å²) in [7, 11) is 0. The van der Waals surface area contributed by atoms with E-state index in [2.05, 4.69) is 41.4 Å². The Labute approximate surface area is 117 Å². The Morgan fingerprint density at radius 3 is 2.84 bits per heavy atom. The summed E-state index contributed by atoms with van der Waals surface area (Å²) in [5, 5.41) is 3.63. The molecule has 0 bridgehead atoms. The van der Waals surface area contributed by atoms with E-state index in [0.29, 0.717) is 6.04 Å². The molecule has 104 valence electrons. The van der Waals surface area contributed by atoms with Crippen molar-refractivity contribution in [1.82, 2.24) is 10.2 Å². The number of aryl methyl sites for hydroxylation is 1. The Morgan fingerprint density at radius 2 is 2.05 bits per heavy atom. The van der Waals surface area contributed by atoms with Crippen molar-refractivity contribution in [2.45, 2.75) is 57.7 Å². The maximum Gasteiger partial charge on any atom is 0.0239 e. The predicted octanol–water partition coefficient (Wildman–Crippen LogP) is 2.97. The van der Waals surface area contributed by atoms with Crippen molar-refractivity contribution >= 4 is 0 Å². The normalized spacial score (nSPS) is 21.7. The third-order valence-corrected chi connectivity index (χ3v) is 4.58. The van der Waals surface area contributed by atoms with E-state index >= 15 is 0 Å². The first-order chi connectivity index (χ1) is 9.33. The molecule has 2 aliphatic rings. The number of nitrogens with one attached hydrogen (secondary N) is 1. The van der Waals surface area contributed by atoms with Crippen LogP contribution in [0, 0.1) is 0 Å². The van der Waals surface area contributed by atoms with Crippen LogP contribution in [0.3, 0.4) is 0 Å². The molecule has 2 heteroatoms. The van der Waals surface area contributed by atoms with Gasteiger partial charge in [0.25, 0.3) is 0 Å². The summed E-state index contributed by atoms with van der Waals surface area (Å²) in [6.45, 7) is 5.96. The molecule has 2 nitrogen and oxygen atoms in total. The number of benzene rings is 1. The molecule has 1 atom stereocenters. The number of nitrogens with zero attached hydrogens (tertiary/aromatic N) is 1. The first-order valence-corrected chi connectivity index (χ1v) is 7.87. The summed E-state index contributed by atoms with van der Waals surface area (Å²) in [6, 6.07) is 10.5. The van der Waals surface area contributed by atoms with Gasteiger partial charge >= 0.3 is 0 Å². The van der Waals surface area contributed by atoms with Crippen LogP contribution in [0.1, 0.15) is 43.7 Å². The maximum atomic E-state index is 3.63. The fraction of sp³-hybridized carbons (Fsp3) is 0.647. The molecule has 3 rings (SSSR count). The lowest BCUT2D eigenvalue weighted by atomic mass is 10.0. The second-order valence-electron chi connectivity index (χ2n) is 6.21. The summed E-state index contributed by atoms with van der Waals surface area (Å²) in [6.07, 6.45) is 6.62. The third-order valence-electron chi connectivity index (χ3n) is 4.58. The van der Waals surface area contributed by atoms with Gasteiger partial charge in [0.1, 0.15) is 0 Å². The Kier molecular flexibility index (Phi) is 4.19. The number of hydrogen-bond donors (Lipinski definition) is 1. The fourth-order valence-corrected chi connectivity index (χ4v) is 3.07. The highest BCUT2D eigenvalue weighted by atomic mass is 15.2. The second kappa shape index (κ2) is 6.06. The lowest BCUT2D eigenvalue weighted by molar-refractivity contribution is 0.193. The second-order valence-corrected chi connectivity index (χ2v) is 6.21. The molecule has 1 aromatic carbocycles. The molecule has 1 aliphatic carbocycles. The average molecular weight is 258 g/mol. The van der Waals surface area contributed by atoms with Crippen LogP contribution < -0.4 is 5.32 Å². The molecule has 1 heterocycles. The van der Waals surface area contributed by atoms with E-state index < -0.39 is 0 Å². The van der Waals surface area contributed by atoms with Crippen LogP contribution in [-0.2, 0) is 13.0 Å². The van der Waals surface area contributed by atoms with Gasteiger partial charge in [0.15, 0.2) is 0 Å². The van der Waals surface area contributed by atoms with Gasteiger partial charge in [0.2, 0.25) is 0 Å². The molecule has 0 spiro atoms. The highest BCUT2D eigenvalue weighted by molar-refractivity contribution is 5.28. The van der Waals surface area contributed by atoms with Crippen LogP contribution in [0.2, 0.25) is 0 Å². The molecule has 0 saturated heterocycles. The van der Waals surface area contributed by atoms with Crippen molar-refractivity contribution in [3.63, 3.8) is 0 Å². The van der Waals surface area contributed by atoms with Crippen molar-refractivity contribution in [2.75, 3.05) is 13.1 Å². The minimum Gasteiger partial charge on any atom is -0.314 e. The standard InChI is InChI=1S/C17H26N2/c1-14(10-11-18-17-8-9-17)19-12-4-7-15-5-2-3-6-16(15)13-19/h2-3,5-6,14,17-18H,4,7-13H2,1H3. The van der Waals surface area contributed by atoms with Gasteiger partial charge in [-0.25, -0.2) is 0 Å². The molecule has 0 radical (unpaired) electrons. The predicted molar refractivity (Wildman–Crippen MR) is 80.3 cm³/mol. The largest absolute Gasteiger partial charge is 0.314 e. The third kappa shape index (κ3) is 3.58. The average Bonchev–Trinajstić information content (AvgIpc) is 3.23. The lowest BCUT2D eigenvalue weighted by Crippen LogP contribution is -2.35. The van der Waals surface area contributed by atoms with Crippen LogP contribution >= 0.6 is 0 Å². The van der Waals surface area contributed by atoms with Gasteiger partial charge in [-0.3, -0.25) is 4.90 Å². The Hall–Kier alpha value is -0.860. The van der Waals surface area contributed by atoms with Crippen LogP contribution in [0.4, 0.5) is 0 Å². The Balaban J connectivity index is 1.55. The smallest absolute Gasteiger partial charge is 0.0239 e. The highest BCUT2D eigenvalue weighted by Gasteiger charge is 2.22. The molecule has 1 aromatic rings. The monoisotopic (exact) mass is 258 g/mol. The highest BCUT2D eigenvalue weighted by Crippen LogP contribution is 2.21. The lowest BCUT2D eigenvalue weighted by Gasteiger charge is -2.28. The van der Waals surface area contributed by atoms with E-state index in [1.54, 1.807) is 11.1 Å². The van der Waals surface area contributed by atoms with Crippen LogP contribution in [0.25, 0.3) is 0 Å². The van der Waals surface area contributed by atoms with Gasteiger partial charge in [-0.1, -0.05) is 24.3 Å². The topological polar surface area (TPSA) is 15.3 Å². The first kappa shape index (κ1) is 13.1. The van der Waals surface area contributed by atoms with Gasteiger partial charge in [0, 0.05) is 18.6 Å². The van der Waals surface area contributed by atoms with Gasteiger partial charge < -0.3 is 5.32 Å². The zero-order valence-corrected chi connectivity index (χ0v) is 12.1. The molecule has 1 unspecified atom stereocenters. The van der Waals surface area contributed by atoms with E-state index in [4.69, 9.17) is 0 Å². The molecule has 0 aromatic heterocycles. The zero-order valence-electron chi connectivity index (χ0n) is 12.1. The molecule has 1 N–H and O–H groups in total. The van der Waals surface area contributed by atoms with Gasteiger partial charge in [0.05, 0.1) is 0 Å². The van der Waals surface area contributed by atoms with E-state index in [9.17, 15) is 0 Å². The van der Waals surface area contributed by atoms with Crippen LogP contribution in [0.5, 0.6) is 0 Å². The molecular formula is C17H26N2. The number of rotatable bonds is 5. The number of fused-ring (bicyclic) bond motifs is 1. The van der Waals surface area contributed by atoms with Crippen molar-refractivity contribution in [1.29, 1.82) is 0 Å². The van der Waals surface area contributed by atoms with Crippen LogP contribution in [-0.4, -0.2) is 30.1 Å². The van der Waals surface area contributed by atoms with Gasteiger partial charge in [-0.15, -0.1) is 0 Å². The quantitative estimate of drug-likeness (QED) is 0.873. The van der Waals surface area contributed by atoms with Crippen LogP contribution in [0.15, 0.2) is 24.3 Å². The zero-order chi connectivity index (χ0) is 13.1. The minimum atomic E-state index is 0.692. The molecular weight excluding hydrogens is 232 g/mol. The summed E-state index contributed by atoms with van der Waals surface area (Å²) in [5.41, 5.74) is 3.11. The molecule has 1 fully saturated rings. The fourth-order valence-electron chi connectivity index (χ4n) is 3.07. The van der Waals surface area contributed by atoms with Crippen molar-refractivity contribution in [3.05, 3.63) is 35.4 Å². The SMILES string of the molecule is CC(CCNC1CC1)N1CCCc2ccccc2C1. The number of hydrogen-bond acceptors (Lipinski definition) is 2. The minimum absolute atomic E-state index is 0.692. The summed E-state index contributed by atoms with van der Waals surface area (Å²) >= 11 is 0. The maximum absolute atomic E-state index is 3.63. The van der Waals surface area contributed by atoms with E-state index in [0.717, 1.165) is 12.6 Å². The van der Waals surface area contributed by atoms with E-state index in [1.165, 1.54) is 45.2 Å². The van der Waals surface area contributed by atoms with Crippen molar-refractivity contribution < 1.29 is 0 Å². The van der Waals surface area contributed by atoms with E-state index in [-0.39, 0.29) is 0 Å². The molecule has 0 amide bonds. The Bertz CT molecular complexity index is 411. The molecule has 1 aliphatic heterocycles. The van der Waals surface area contributed by atoms with Gasteiger partial charge in [-0.05, 0) is 63.2 Å². The summed E-state index contributed by atoms with van der Waals surface area (Å²) in [4.78, 5) is 2.67. The molecule has 19 heavy (non-hydrogen) atoms. The first-order valence-electron chi connectivity index (χ1n) is 7.87. The molecule has 1 saturated carbocycles. The van der Waals surface area contributed by atoms with Gasteiger partial charge in [-0.2, -0.15) is 0 Å². The Morgan fingerprint density at radius 1 is 1.26 bits per heavy atom. The summed E-state index contributed by atoms with van der Waals surface area (Å²) < 4.78 is 0.